The van der Waals surface area contributed by atoms with Gasteiger partial charge in [-0.1, -0.05) is 6.07 Å². The lowest BCUT2D eigenvalue weighted by Gasteiger charge is -2.39. The lowest BCUT2D eigenvalue weighted by Crippen LogP contribution is -2.55. The molecule has 5 rings (SSSR count). The molecule has 10 heteroatoms. The summed E-state index contributed by atoms with van der Waals surface area (Å²) in [5, 5.41) is 5.56. The van der Waals surface area contributed by atoms with Crippen molar-refractivity contribution in [1.82, 2.24) is 24.5 Å². The summed E-state index contributed by atoms with van der Waals surface area (Å²) in [5.74, 6) is 1.71. The van der Waals surface area contributed by atoms with Crippen molar-refractivity contribution in [2.75, 3.05) is 30.9 Å². The van der Waals surface area contributed by atoms with Crippen molar-refractivity contribution in [1.29, 1.82) is 0 Å². The Morgan fingerprint density at radius 3 is 2.63 bits per heavy atom. The third kappa shape index (κ3) is 5.82. The third-order valence-electron chi connectivity index (χ3n) is 7.39. The lowest BCUT2D eigenvalue weighted by molar-refractivity contribution is -0.00140. The van der Waals surface area contributed by atoms with E-state index in [1.807, 2.05) is 17.9 Å². The van der Waals surface area contributed by atoms with Crippen molar-refractivity contribution in [2.45, 2.75) is 50.2 Å². The molecule has 2 atom stereocenters. The van der Waals surface area contributed by atoms with Gasteiger partial charge in [0.05, 0.1) is 30.1 Å². The molecule has 2 aromatic heterocycles. The number of nitrogens with zero attached hydrogens (tertiary/aromatic N) is 5. The summed E-state index contributed by atoms with van der Waals surface area (Å²) < 4.78 is 35.0. The number of aryl methyl sites for hydroxylation is 1. The van der Waals surface area contributed by atoms with Crippen LogP contribution in [0, 0.1) is 5.92 Å². The minimum absolute atomic E-state index is 0.243. The topological polar surface area (TPSA) is 102 Å². The lowest BCUT2D eigenvalue weighted by atomic mass is 9.79. The van der Waals surface area contributed by atoms with E-state index in [0.29, 0.717) is 43.9 Å². The maximum Gasteiger partial charge on any atom is 0.225 e. The summed E-state index contributed by atoms with van der Waals surface area (Å²) in [6.07, 6.45) is 11.5. The first-order chi connectivity index (χ1) is 16.9. The molecule has 35 heavy (non-hydrogen) atoms. The molecule has 0 amide bonds. The number of aromatic nitrogens is 4. The van der Waals surface area contributed by atoms with Gasteiger partial charge >= 0.3 is 0 Å². The van der Waals surface area contributed by atoms with Gasteiger partial charge in [-0.3, -0.25) is 4.68 Å². The van der Waals surface area contributed by atoms with Gasteiger partial charge in [0.15, 0.2) is 0 Å². The summed E-state index contributed by atoms with van der Waals surface area (Å²) in [7, 11) is -1.35. The molecule has 0 bridgehead atoms. The maximum atomic E-state index is 11.9. The maximum absolute atomic E-state index is 11.9. The van der Waals surface area contributed by atoms with Crippen LogP contribution in [-0.4, -0.2) is 66.3 Å². The molecule has 0 spiro atoms. The number of nitrogens with one attached hydrogen (secondary N) is 1. The Morgan fingerprint density at radius 1 is 1.11 bits per heavy atom. The Hall–Kier alpha value is -2.56. The van der Waals surface area contributed by atoms with E-state index in [1.165, 1.54) is 17.2 Å². The first-order valence-electron chi connectivity index (χ1n) is 12.4. The third-order valence-corrected chi connectivity index (χ3v) is 8.12. The zero-order chi connectivity index (χ0) is 24.4. The monoisotopic (exact) mass is 498 g/mol. The second-order valence-electron chi connectivity index (χ2n) is 9.96. The second kappa shape index (κ2) is 10.2. The SMILES string of the molecule is Cn1ncc2cc(C3CCC(CO[C@@H]4CN(c5ncccn5)CC[C@@H]4NS(C)(=O)=O)CC3)ccc21. The molecule has 9 nitrogen and oxygen atoms in total. The molecule has 188 valence electrons. The van der Waals surface area contributed by atoms with Crippen LogP contribution in [0.3, 0.4) is 0 Å². The highest BCUT2D eigenvalue weighted by molar-refractivity contribution is 7.88. The van der Waals surface area contributed by atoms with Gasteiger partial charge in [-0.15, -0.1) is 0 Å². The van der Waals surface area contributed by atoms with E-state index in [1.54, 1.807) is 18.5 Å². The normalized spacial score (nSPS) is 25.7. The van der Waals surface area contributed by atoms with E-state index in [9.17, 15) is 8.42 Å². The van der Waals surface area contributed by atoms with Crippen LogP contribution in [0.4, 0.5) is 5.95 Å². The Balaban J connectivity index is 1.18. The van der Waals surface area contributed by atoms with Gasteiger partial charge < -0.3 is 9.64 Å². The molecule has 0 radical (unpaired) electrons. The summed E-state index contributed by atoms with van der Waals surface area (Å²) in [4.78, 5) is 10.8. The predicted molar refractivity (Wildman–Crippen MR) is 136 cm³/mol. The minimum Gasteiger partial charge on any atom is -0.374 e. The summed E-state index contributed by atoms with van der Waals surface area (Å²) >= 11 is 0. The molecule has 1 aromatic carbocycles. The first-order valence-corrected chi connectivity index (χ1v) is 14.3. The Kier molecular flexibility index (Phi) is 7.04. The molecule has 2 aliphatic rings. The summed E-state index contributed by atoms with van der Waals surface area (Å²) in [6, 6.07) is 8.25. The zero-order valence-corrected chi connectivity index (χ0v) is 21.2. The predicted octanol–water partition coefficient (Wildman–Crippen LogP) is 2.85. The highest BCUT2D eigenvalue weighted by Crippen LogP contribution is 2.37. The van der Waals surface area contributed by atoms with Gasteiger partial charge in [0, 0.05) is 44.5 Å². The molecule has 3 aromatic rings. The zero-order valence-electron chi connectivity index (χ0n) is 20.4. The van der Waals surface area contributed by atoms with Gasteiger partial charge in [-0.05, 0) is 67.7 Å². The molecule has 2 fully saturated rings. The van der Waals surface area contributed by atoms with E-state index in [4.69, 9.17) is 4.74 Å². The highest BCUT2D eigenvalue weighted by atomic mass is 32.2. The number of piperidine rings is 1. The first kappa shape index (κ1) is 24.1. The van der Waals surface area contributed by atoms with E-state index in [2.05, 4.69) is 42.9 Å². The van der Waals surface area contributed by atoms with Crippen LogP contribution in [0.2, 0.25) is 0 Å². The largest absolute Gasteiger partial charge is 0.374 e. The molecule has 1 aliphatic carbocycles. The molecule has 1 aliphatic heterocycles. The van der Waals surface area contributed by atoms with Gasteiger partial charge in [0.25, 0.3) is 0 Å². The van der Waals surface area contributed by atoms with Crippen LogP contribution in [0.15, 0.2) is 42.9 Å². The summed E-state index contributed by atoms with van der Waals surface area (Å²) in [5.41, 5.74) is 2.56. The number of ether oxygens (including phenoxy) is 1. The molecule has 1 N–H and O–H groups in total. The van der Waals surface area contributed by atoms with Gasteiger partial charge in [0.1, 0.15) is 0 Å². The van der Waals surface area contributed by atoms with E-state index >= 15 is 0 Å². The van der Waals surface area contributed by atoms with Crippen molar-refractivity contribution >= 4 is 26.9 Å². The number of sulfonamides is 1. The van der Waals surface area contributed by atoms with Crippen molar-refractivity contribution in [3.05, 3.63) is 48.4 Å². The molecular weight excluding hydrogens is 464 g/mol. The molecule has 1 saturated heterocycles. The molecule has 1 saturated carbocycles. The van der Waals surface area contributed by atoms with Crippen molar-refractivity contribution in [3.8, 4) is 0 Å². The number of benzene rings is 1. The Labute approximate surface area is 206 Å². The number of rotatable bonds is 7. The minimum atomic E-state index is -3.32. The van der Waals surface area contributed by atoms with Crippen LogP contribution in [-0.2, 0) is 21.8 Å². The van der Waals surface area contributed by atoms with Crippen LogP contribution in [0.1, 0.15) is 43.6 Å². The molecule has 0 unspecified atom stereocenters. The fraction of sp³-hybridized carbons (Fsp3) is 0.560. The standard InChI is InChI=1S/C25H34N6O3S/c1-30-23-9-8-20(14-21(23)15-28-30)19-6-4-18(5-7-19)17-34-24-16-31(25-26-11-3-12-27-25)13-10-22(24)29-35(2,32)33/h3,8-9,11-12,14-15,18-19,22,24,29H,4-7,10,13,16-17H2,1-2H3/t18?,19?,22-,24+/m0/s1. The van der Waals surface area contributed by atoms with Crippen LogP contribution >= 0.6 is 0 Å². The Bertz CT molecular complexity index is 1240. The number of hydrogen-bond donors (Lipinski definition) is 1. The van der Waals surface area contributed by atoms with Crippen LogP contribution in [0.5, 0.6) is 0 Å². The number of fused-ring (bicyclic) bond motifs is 1. The van der Waals surface area contributed by atoms with Gasteiger partial charge in [-0.2, -0.15) is 5.10 Å². The number of anilines is 1. The fourth-order valence-electron chi connectivity index (χ4n) is 5.49. The average molecular weight is 499 g/mol. The average Bonchev–Trinajstić information content (AvgIpc) is 3.23. The van der Waals surface area contributed by atoms with E-state index < -0.39 is 10.0 Å². The quantitative estimate of drug-likeness (QED) is 0.534. The summed E-state index contributed by atoms with van der Waals surface area (Å²) in [6.45, 7) is 1.89. The van der Waals surface area contributed by atoms with Crippen molar-refractivity contribution in [3.63, 3.8) is 0 Å². The molecular formula is C25H34N6O3S. The fourth-order valence-corrected chi connectivity index (χ4v) is 6.31. The number of hydrogen-bond acceptors (Lipinski definition) is 7. The van der Waals surface area contributed by atoms with E-state index in [0.717, 1.165) is 31.2 Å². The van der Waals surface area contributed by atoms with Crippen molar-refractivity contribution in [2.24, 2.45) is 13.0 Å². The smallest absolute Gasteiger partial charge is 0.225 e. The van der Waals surface area contributed by atoms with Crippen LogP contribution in [0.25, 0.3) is 10.9 Å². The second-order valence-corrected chi connectivity index (χ2v) is 11.7. The van der Waals surface area contributed by atoms with E-state index in [-0.39, 0.29) is 12.1 Å². The van der Waals surface area contributed by atoms with Crippen LogP contribution < -0.4 is 9.62 Å². The molecule has 3 heterocycles. The van der Waals surface area contributed by atoms with Gasteiger partial charge in [0.2, 0.25) is 16.0 Å². The Morgan fingerprint density at radius 2 is 1.89 bits per heavy atom. The van der Waals surface area contributed by atoms with Crippen molar-refractivity contribution < 1.29 is 13.2 Å². The van der Waals surface area contributed by atoms with Gasteiger partial charge in [-0.25, -0.2) is 23.1 Å². The highest BCUT2D eigenvalue weighted by Gasteiger charge is 2.34.